The lowest BCUT2D eigenvalue weighted by Gasteiger charge is -2.25. The SMILES string of the molecule is Cc1ccccc1C(=O)Nc1ccc(C(=O)C2=c3ccc4c(c3C(C)CC2)CC=c2ccccc2=4)cc1. The minimum atomic E-state index is -0.148. The molecule has 0 aliphatic heterocycles. The standard InChI is InChI=1S/C34H29NO2/c1-21-7-3-5-9-26(21)34(37)35-25-15-12-24(13-16-25)33(36)31-17-11-22(2)32-29-18-14-23-8-4-6-10-27(23)28(29)19-20-30(31)32/h3-10,12-16,19-20,22H,11,17-18H2,1-2H3,(H,35,37). The first-order valence-electron chi connectivity index (χ1n) is 13.0. The Morgan fingerprint density at radius 3 is 2.35 bits per heavy atom. The molecule has 3 nitrogen and oxygen atoms in total. The molecular weight excluding hydrogens is 454 g/mol. The highest BCUT2D eigenvalue weighted by molar-refractivity contribution is 6.24. The van der Waals surface area contributed by atoms with E-state index in [0.717, 1.165) is 35.6 Å². The van der Waals surface area contributed by atoms with Crippen LogP contribution in [0, 0.1) is 17.4 Å². The van der Waals surface area contributed by atoms with Crippen molar-refractivity contribution in [2.24, 2.45) is 0 Å². The Morgan fingerprint density at radius 2 is 1.54 bits per heavy atom. The number of aryl methyl sites for hydroxylation is 1. The van der Waals surface area contributed by atoms with Crippen molar-refractivity contribution >= 4 is 29.0 Å². The first-order chi connectivity index (χ1) is 18.0. The van der Waals surface area contributed by atoms with Gasteiger partial charge in [-0.15, -0.1) is 0 Å². The van der Waals surface area contributed by atoms with Gasteiger partial charge in [-0.25, -0.2) is 0 Å². The maximum atomic E-state index is 13.7. The van der Waals surface area contributed by atoms with E-state index in [-0.39, 0.29) is 11.7 Å². The van der Waals surface area contributed by atoms with Crippen molar-refractivity contribution in [2.45, 2.75) is 39.0 Å². The summed E-state index contributed by atoms with van der Waals surface area (Å²) < 4.78 is 0. The lowest BCUT2D eigenvalue weighted by molar-refractivity contribution is 0.102. The minimum Gasteiger partial charge on any atom is -0.322 e. The van der Waals surface area contributed by atoms with E-state index >= 15 is 0 Å². The fraction of sp³-hybridized carbons (Fsp3) is 0.176. The van der Waals surface area contributed by atoms with Crippen molar-refractivity contribution < 1.29 is 9.59 Å². The molecule has 1 atom stereocenters. The number of anilines is 1. The third-order valence-electron chi connectivity index (χ3n) is 7.85. The summed E-state index contributed by atoms with van der Waals surface area (Å²) in [6, 6.07) is 27.7. The van der Waals surface area contributed by atoms with Crippen LogP contribution in [0.4, 0.5) is 5.69 Å². The number of ketones is 1. The van der Waals surface area contributed by atoms with E-state index in [2.05, 4.69) is 54.7 Å². The van der Waals surface area contributed by atoms with Gasteiger partial charge in [-0.1, -0.05) is 67.6 Å². The van der Waals surface area contributed by atoms with Gasteiger partial charge in [-0.05, 0) is 100 Å². The molecule has 37 heavy (non-hydrogen) atoms. The third kappa shape index (κ3) is 4.11. The Morgan fingerprint density at radius 1 is 0.811 bits per heavy atom. The second-order valence-electron chi connectivity index (χ2n) is 10.1. The van der Waals surface area contributed by atoms with Gasteiger partial charge in [0.1, 0.15) is 0 Å². The molecule has 0 saturated carbocycles. The van der Waals surface area contributed by atoms with Crippen LogP contribution >= 0.6 is 0 Å². The Hall–Kier alpha value is -4.24. The third-order valence-corrected chi connectivity index (χ3v) is 7.85. The fourth-order valence-electron chi connectivity index (χ4n) is 5.88. The molecule has 182 valence electrons. The summed E-state index contributed by atoms with van der Waals surface area (Å²) in [5.74, 6) is 0.342. The van der Waals surface area contributed by atoms with Gasteiger partial charge in [-0.3, -0.25) is 9.59 Å². The molecule has 0 fully saturated rings. The average molecular weight is 484 g/mol. The molecule has 6 rings (SSSR count). The molecule has 0 radical (unpaired) electrons. The zero-order chi connectivity index (χ0) is 25.5. The molecule has 3 heteroatoms. The van der Waals surface area contributed by atoms with E-state index in [4.69, 9.17) is 0 Å². The number of amides is 1. The zero-order valence-corrected chi connectivity index (χ0v) is 21.2. The van der Waals surface area contributed by atoms with Crippen LogP contribution in [-0.4, -0.2) is 11.7 Å². The van der Waals surface area contributed by atoms with Crippen molar-refractivity contribution in [2.75, 3.05) is 5.32 Å². The van der Waals surface area contributed by atoms with Crippen LogP contribution in [0.5, 0.6) is 0 Å². The summed E-state index contributed by atoms with van der Waals surface area (Å²) in [6.07, 6.45) is 4.95. The van der Waals surface area contributed by atoms with Crippen molar-refractivity contribution in [1.82, 2.24) is 0 Å². The molecule has 0 aromatic heterocycles. The van der Waals surface area contributed by atoms with Crippen LogP contribution in [0.25, 0.3) is 11.6 Å². The summed E-state index contributed by atoms with van der Waals surface area (Å²) in [6.45, 7) is 4.21. The number of hydrogen-bond donors (Lipinski definition) is 1. The number of carbonyl (C=O) groups is 2. The topological polar surface area (TPSA) is 46.2 Å². The first kappa shape index (κ1) is 23.2. The van der Waals surface area contributed by atoms with Gasteiger partial charge in [0.15, 0.2) is 5.78 Å². The summed E-state index contributed by atoms with van der Waals surface area (Å²) in [5.41, 5.74) is 6.50. The van der Waals surface area contributed by atoms with Crippen LogP contribution in [0.3, 0.4) is 0 Å². The van der Waals surface area contributed by atoms with Crippen molar-refractivity contribution in [1.29, 1.82) is 0 Å². The van der Waals surface area contributed by atoms with E-state index in [9.17, 15) is 9.59 Å². The van der Waals surface area contributed by atoms with Gasteiger partial charge in [-0.2, -0.15) is 0 Å². The fourth-order valence-corrected chi connectivity index (χ4v) is 5.88. The minimum absolute atomic E-state index is 0.0741. The molecule has 4 aromatic rings. The summed E-state index contributed by atoms with van der Waals surface area (Å²) in [4.78, 5) is 26.4. The monoisotopic (exact) mass is 483 g/mol. The Labute approximate surface area is 216 Å². The molecule has 0 heterocycles. The lowest BCUT2D eigenvalue weighted by Crippen LogP contribution is -2.27. The van der Waals surface area contributed by atoms with E-state index in [0.29, 0.717) is 22.7 Å². The summed E-state index contributed by atoms with van der Waals surface area (Å²) in [5, 5.41) is 7.91. The van der Waals surface area contributed by atoms with Gasteiger partial charge >= 0.3 is 0 Å². The largest absolute Gasteiger partial charge is 0.322 e. The highest BCUT2D eigenvalue weighted by atomic mass is 16.1. The molecule has 1 N–H and O–H groups in total. The number of nitrogens with one attached hydrogen (secondary N) is 1. The molecule has 1 unspecified atom stereocenters. The van der Waals surface area contributed by atoms with Gasteiger partial charge < -0.3 is 5.32 Å². The van der Waals surface area contributed by atoms with E-state index in [1.165, 1.54) is 26.8 Å². The molecule has 0 saturated heterocycles. The molecule has 2 aliphatic carbocycles. The number of rotatable bonds is 4. The molecule has 0 bridgehead atoms. The Balaban J connectivity index is 1.36. The van der Waals surface area contributed by atoms with E-state index < -0.39 is 0 Å². The predicted octanol–water partition coefficient (Wildman–Crippen LogP) is 5.80. The number of hydrogen-bond acceptors (Lipinski definition) is 2. The van der Waals surface area contributed by atoms with E-state index in [1.807, 2.05) is 55.5 Å². The second kappa shape index (κ2) is 9.33. The van der Waals surface area contributed by atoms with E-state index in [1.54, 1.807) is 0 Å². The predicted molar refractivity (Wildman–Crippen MR) is 149 cm³/mol. The average Bonchev–Trinajstić information content (AvgIpc) is 2.93. The highest BCUT2D eigenvalue weighted by Crippen LogP contribution is 2.31. The summed E-state index contributed by atoms with van der Waals surface area (Å²) >= 11 is 0. The van der Waals surface area contributed by atoms with Gasteiger partial charge in [0.2, 0.25) is 0 Å². The van der Waals surface area contributed by atoms with Crippen LogP contribution in [0.1, 0.15) is 63.1 Å². The van der Waals surface area contributed by atoms with Crippen LogP contribution in [0.2, 0.25) is 0 Å². The number of carbonyl (C=O) groups excluding carboxylic acids is 2. The molecule has 4 aromatic carbocycles. The summed E-state index contributed by atoms with van der Waals surface area (Å²) in [7, 11) is 0. The van der Waals surface area contributed by atoms with Crippen LogP contribution in [0.15, 0.2) is 84.9 Å². The normalized spacial score (nSPS) is 15.6. The van der Waals surface area contributed by atoms with Gasteiger partial charge in [0, 0.05) is 22.4 Å². The highest BCUT2D eigenvalue weighted by Gasteiger charge is 2.25. The quantitative estimate of drug-likeness (QED) is 0.373. The Bertz CT molecular complexity index is 1780. The first-order valence-corrected chi connectivity index (χ1v) is 13.0. The molecule has 0 spiro atoms. The molecule has 1 amide bonds. The van der Waals surface area contributed by atoms with Crippen molar-refractivity contribution in [3.05, 3.63) is 134 Å². The van der Waals surface area contributed by atoms with Crippen molar-refractivity contribution in [3.8, 4) is 0 Å². The maximum absolute atomic E-state index is 13.7. The molecular formula is C34H29NO2. The number of benzene rings is 4. The van der Waals surface area contributed by atoms with Crippen LogP contribution in [-0.2, 0) is 6.42 Å². The van der Waals surface area contributed by atoms with Gasteiger partial charge in [0.25, 0.3) is 5.91 Å². The second-order valence-corrected chi connectivity index (χ2v) is 10.1. The number of Topliss-reactive ketones (excluding diaryl/α,β-unsaturated/α-hetero) is 1. The zero-order valence-electron chi connectivity index (χ0n) is 21.2. The Kier molecular flexibility index (Phi) is 5.84. The van der Waals surface area contributed by atoms with Crippen LogP contribution < -0.4 is 15.8 Å². The van der Waals surface area contributed by atoms with Crippen molar-refractivity contribution in [3.63, 3.8) is 0 Å². The van der Waals surface area contributed by atoms with Gasteiger partial charge in [0.05, 0.1) is 0 Å². The molecule has 2 aliphatic rings. The smallest absolute Gasteiger partial charge is 0.255 e. The maximum Gasteiger partial charge on any atom is 0.255 e. The lowest BCUT2D eigenvalue weighted by atomic mass is 9.78. The number of fused-ring (bicyclic) bond motifs is 4.